The number of rotatable bonds is 22. The third kappa shape index (κ3) is 19.8. The van der Waals surface area contributed by atoms with Crippen LogP contribution in [-0.2, 0) is 33.4 Å². The molecule has 9 nitrogen and oxygen atoms in total. The molecule has 0 aliphatic heterocycles. The van der Waals surface area contributed by atoms with Crippen molar-refractivity contribution in [2.24, 2.45) is 22.7 Å². The molecule has 0 saturated carbocycles. The molecule has 0 spiro atoms. The van der Waals surface area contributed by atoms with Crippen LogP contribution in [0.2, 0.25) is 0 Å². The topological polar surface area (TPSA) is 128 Å². The molecule has 0 aromatic carbocycles. The second kappa shape index (κ2) is 19.3. The Hall–Kier alpha value is -1.81. The van der Waals surface area contributed by atoms with E-state index in [9.17, 15) is 19.2 Å². The number of ether oxygens (including phenoxy) is 3. The zero-order valence-corrected chi connectivity index (χ0v) is 26.2. The van der Waals surface area contributed by atoms with Crippen molar-refractivity contribution < 1.29 is 38.5 Å². The maximum atomic E-state index is 12.7. The Morgan fingerprint density at radius 3 is 1.97 bits per heavy atom. The van der Waals surface area contributed by atoms with E-state index in [-0.39, 0.29) is 54.6 Å². The summed E-state index contributed by atoms with van der Waals surface area (Å²) in [7, 11) is 0. The summed E-state index contributed by atoms with van der Waals surface area (Å²) in [6, 6.07) is 0. The number of thioether (sulfide) groups is 1. The molecule has 3 atom stereocenters. The number of carboxylic acids is 1. The van der Waals surface area contributed by atoms with E-state index < -0.39 is 30.0 Å². The summed E-state index contributed by atoms with van der Waals surface area (Å²) in [4.78, 5) is 47.6. The third-order valence-corrected chi connectivity index (χ3v) is 7.41. The molecule has 0 bridgehead atoms. The van der Waals surface area contributed by atoms with Gasteiger partial charge in [0.05, 0.1) is 18.2 Å². The molecule has 228 valence electrons. The van der Waals surface area contributed by atoms with Gasteiger partial charge in [-0.3, -0.25) is 19.2 Å². The van der Waals surface area contributed by atoms with E-state index in [0.29, 0.717) is 13.0 Å². The van der Waals surface area contributed by atoms with Gasteiger partial charge in [0.2, 0.25) is 0 Å². The minimum absolute atomic E-state index is 0.0136. The van der Waals surface area contributed by atoms with Crippen LogP contribution >= 0.6 is 11.8 Å². The highest BCUT2D eigenvalue weighted by atomic mass is 32.2. The summed E-state index contributed by atoms with van der Waals surface area (Å²) in [6.45, 7) is 16.7. The molecule has 0 fully saturated rings. The van der Waals surface area contributed by atoms with E-state index >= 15 is 0 Å². The number of hydrogen-bond acceptors (Lipinski definition) is 9. The number of likely N-dealkylation sites (N-methyl/N-ethyl adjacent to an activating group) is 1. The summed E-state index contributed by atoms with van der Waals surface area (Å²) in [5.74, 6) is -1.33. The molecule has 39 heavy (non-hydrogen) atoms. The van der Waals surface area contributed by atoms with Crippen LogP contribution in [0.25, 0.3) is 0 Å². The van der Waals surface area contributed by atoms with Crippen LogP contribution < -0.4 is 5.32 Å². The van der Waals surface area contributed by atoms with Crippen LogP contribution in [0.1, 0.15) is 93.9 Å². The Labute approximate surface area is 239 Å². The van der Waals surface area contributed by atoms with Crippen LogP contribution in [-0.4, -0.2) is 72.9 Å². The van der Waals surface area contributed by atoms with E-state index in [2.05, 4.69) is 33.0 Å². The van der Waals surface area contributed by atoms with Crippen molar-refractivity contribution in [3.8, 4) is 0 Å². The van der Waals surface area contributed by atoms with E-state index in [4.69, 9.17) is 19.3 Å². The van der Waals surface area contributed by atoms with Crippen LogP contribution in [0.3, 0.4) is 0 Å². The van der Waals surface area contributed by atoms with Crippen LogP contribution in [0.5, 0.6) is 0 Å². The summed E-state index contributed by atoms with van der Waals surface area (Å²) < 4.78 is 16.0. The number of esters is 3. The van der Waals surface area contributed by atoms with E-state index in [0.717, 1.165) is 31.4 Å². The van der Waals surface area contributed by atoms with Gasteiger partial charge < -0.3 is 24.6 Å². The monoisotopic (exact) mass is 575 g/mol. The average molecular weight is 576 g/mol. The molecule has 0 aromatic heterocycles. The first-order valence-corrected chi connectivity index (χ1v) is 15.3. The van der Waals surface area contributed by atoms with Gasteiger partial charge in [-0.1, -0.05) is 55.4 Å². The zero-order chi connectivity index (χ0) is 30.1. The molecular weight excluding hydrogens is 522 g/mol. The van der Waals surface area contributed by atoms with Gasteiger partial charge in [-0.25, -0.2) is 0 Å². The fourth-order valence-electron chi connectivity index (χ4n) is 4.45. The summed E-state index contributed by atoms with van der Waals surface area (Å²) in [5.41, 5.74) is 0.0435. The van der Waals surface area contributed by atoms with E-state index in [1.165, 1.54) is 11.8 Å². The molecule has 0 heterocycles. The lowest BCUT2D eigenvalue weighted by Crippen LogP contribution is -2.33. The molecular formula is C29H53NO8S. The van der Waals surface area contributed by atoms with E-state index in [1.54, 1.807) is 6.92 Å². The highest BCUT2D eigenvalue weighted by molar-refractivity contribution is 7.99. The first kappa shape index (κ1) is 37.2. The second-order valence-electron chi connectivity index (χ2n) is 12.0. The summed E-state index contributed by atoms with van der Waals surface area (Å²) in [5, 5.41) is 12.0. The van der Waals surface area contributed by atoms with Crippen molar-refractivity contribution in [1.29, 1.82) is 0 Å². The lowest BCUT2D eigenvalue weighted by atomic mass is 9.69. The SMILES string of the molecule is CCNCC(=O)OCC(COC(=O)CSCC)OC(=O)CC(C)CCC(C)(C)CC(C)(C)CCC(C)C(=O)O. The lowest BCUT2D eigenvalue weighted by Gasteiger charge is -2.36. The third-order valence-electron chi connectivity index (χ3n) is 6.56. The molecule has 0 radical (unpaired) electrons. The Morgan fingerprint density at radius 2 is 1.44 bits per heavy atom. The Kier molecular flexibility index (Phi) is 18.4. The Balaban J connectivity index is 4.81. The van der Waals surface area contributed by atoms with Gasteiger partial charge in [0.25, 0.3) is 0 Å². The highest BCUT2D eigenvalue weighted by Crippen LogP contribution is 2.41. The van der Waals surface area contributed by atoms with Crippen molar-refractivity contribution in [3.63, 3.8) is 0 Å². The summed E-state index contributed by atoms with van der Waals surface area (Å²) in [6.07, 6.45) is 3.53. The van der Waals surface area contributed by atoms with Gasteiger partial charge in [0.15, 0.2) is 6.10 Å². The van der Waals surface area contributed by atoms with Gasteiger partial charge in [-0.05, 0) is 61.1 Å². The van der Waals surface area contributed by atoms with Crippen LogP contribution in [0.15, 0.2) is 0 Å². The Morgan fingerprint density at radius 1 is 0.872 bits per heavy atom. The van der Waals surface area contributed by atoms with Crippen molar-refractivity contribution in [3.05, 3.63) is 0 Å². The van der Waals surface area contributed by atoms with Gasteiger partial charge >= 0.3 is 23.9 Å². The molecule has 0 aliphatic rings. The Bertz CT molecular complexity index is 732. The number of carboxylic acid groups (broad SMARTS) is 1. The number of carbonyl (C=O) groups excluding carboxylic acids is 3. The first-order valence-electron chi connectivity index (χ1n) is 14.1. The molecule has 3 unspecified atom stereocenters. The van der Waals surface area contributed by atoms with Crippen LogP contribution in [0.4, 0.5) is 0 Å². The number of hydrogen-bond donors (Lipinski definition) is 2. The van der Waals surface area contributed by atoms with Crippen molar-refractivity contribution in [2.45, 2.75) is 100 Å². The molecule has 0 rings (SSSR count). The predicted molar refractivity (Wildman–Crippen MR) is 155 cm³/mol. The maximum absolute atomic E-state index is 12.7. The average Bonchev–Trinajstić information content (AvgIpc) is 2.84. The summed E-state index contributed by atoms with van der Waals surface area (Å²) >= 11 is 1.43. The first-order chi connectivity index (χ1) is 18.1. The van der Waals surface area contributed by atoms with Crippen LogP contribution in [0, 0.1) is 22.7 Å². The standard InChI is InChI=1S/C29H53NO8S/c1-9-30-16-25(32)36-17-23(18-37-26(33)19-39-10-2)38-24(31)15-21(3)11-13-28(5,6)20-29(7,8)14-12-22(4)27(34)35/h21-23,30H,9-20H2,1-8H3,(H,34,35). The van der Waals surface area contributed by atoms with Gasteiger partial charge in [-0.2, -0.15) is 11.8 Å². The number of aliphatic carboxylic acids is 1. The normalized spacial score (nSPS) is 14.3. The zero-order valence-electron chi connectivity index (χ0n) is 25.4. The largest absolute Gasteiger partial charge is 0.481 e. The fourth-order valence-corrected chi connectivity index (χ4v) is 4.91. The van der Waals surface area contributed by atoms with Gasteiger partial charge in [-0.15, -0.1) is 0 Å². The van der Waals surface area contributed by atoms with Crippen molar-refractivity contribution in [2.75, 3.05) is 37.8 Å². The fraction of sp³-hybridized carbons (Fsp3) is 0.862. The second-order valence-corrected chi connectivity index (χ2v) is 13.3. The van der Waals surface area contributed by atoms with Crippen molar-refractivity contribution in [1.82, 2.24) is 5.32 Å². The molecule has 0 amide bonds. The molecule has 0 aliphatic carbocycles. The molecule has 10 heteroatoms. The maximum Gasteiger partial charge on any atom is 0.320 e. The number of nitrogens with one attached hydrogen (secondary N) is 1. The van der Waals surface area contributed by atoms with E-state index in [1.807, 2.05) is 20.8 Å². The van der Waals surface area contributed by atoms with Gasteiger partial charge in [0, 0.05) is 6.42 Å². The smallest absolute Gasteiger partial charge is 0.320 e. The highest BCUT2D eigenvalue weighted by Gasteiger charge is 2.30. The molecule has 0 saturated heterocycles. The molecule has 0 aromatic rings. The quantitative estimate of drug-likeness (QED) is 0.133. The minimum Gasteiger partial charge on any atom is -0.481 e. The predicted octanol–water partition coefficient (Wildman–Crippen LogP) is 5.10. The number of carbonyl (C=O) groups is 4. The molecule has 2 N–H and O–H groups in total. The minimum atomic E-state index is -0.865. The van der Waals surface area contributed by atoms with Crippen molar-refractivity contribution >= 4 is 35.6 Å². The van der Waals surface area contributed by atoms with Gasteiger partial charge in [0.1, 0.15) is 13.2 Å². The lowest BCUT2D eigenvalue weighted by molar-refractivity contribution is -0.166.